The van der Waals surface area contributed by atoms with Gasteiger partial charge in [-0.3, -0.25) is 14.4 Å². The second-order valence-electron chi connectivity index (χ2n) is 7.69. The third kappa shape index (κ3) is 5.71. The molecule has 1 amide bonds. The van der Waals surface area contributed by atoms with Gasteiger partial charge in [-0.05, 0) is 31.9 Å². The molecule has 0 saturated carbocycles. The van der Waals surface area contributed by atoms with E-state index < -0.39 is 60.5 Å². The van der Waals surface area contributed by atoms with Crippen LogP contribution < -0.4 is 5.32 Å². The number of pyridine rings is 1. The smallest absolute Gasteiger partial charge is 0.332 e. The Balaban J connectivity index is 2.24. The van der Waals surface area contributed by atoms with Gasteiger partial charge in [0.15, 0.2) is 17.8 Å². The highest BCUT2D eigenvalue weighted by molar-refractivity contribution is 5.97. The van der Waals surface area contributed by atoms with E-state index in [-0.39, 0.29) is 17.9 Å². The lowest BCUT2D eigenvalue weighted by atomic mass is 9.95. The maximum absolute atomic E-state index is 12.7. The fraction of sp³-hybridized carbons (Fsp3) is 0.571. The first-order valence-electron chi connectivity index (χ1n) is 10.1. The van der Waals surface area contributed by atoms with Crippen LogP contribution in [0.4, 0.5) is 0 Å². The van der Waals surface area contributed by atoms with Gasteiger partial charge in [-0.2, -0.15) is 0 Å². The fourth-order valence-electron chi connectivity index (χ4n) is 3.03. The molecule has 1 saturated heterocycles. The summed E-state index contributed by atoms with van der Waals surface area (Å²) in [6.45, 7) is 7.63. The summed E-state index contributed by atoms with van der Waals surface area (Å²) in [5, 5.41) is 12.4. The molecule has 1 unspecified atom stereocenters. The quantitative estimate of drug-likeness (QED) is 0.515. The maximum atomic E-state index is 12.7. The number of hydrogen-bond acceptors (Lipinski definition) is 9. The van der Waals surface area contributed by atoms with Crippen molar-refractivity contribution in [2.45, 2.75) is 59.3 Å². The van der Waals surface area contributed by atoms with Crippen LogP contribution in [0.3, 0.4) is 0 Å². The minimum Gasteiger partial charge on any atom is -0.505 e. The highest BCUT2D eigenvalue weighted by Gasteiger charge is 2.41. The Kier molecular flexibility index (Phi) is 7.95. The molecule has 0 aromatic carbocycles. The van der Waals surface area contributed by atoms with E-state index in [0.29, 0.717) is 5.56 Å². The van der Waals surface area contributed by atoms with Crippen molar-refractivity contribution in [1.82, 2.24) is 10.3 Å². The second kappa shape index (κ2) is 10.2. The van der Waals surface area contributed by atoms with Crippen LogP contribution in [0.5, 0.6) is 5.75 Å². The van der Waals surface area contributed by atoms with Crippen LogP contribution in [0.1, 0.15) is 50.2 Å². The SMILES string of the molecule is CC[C@H]1C(=O)OCC(NC(=O)c2nccc(C)c2O)C(=O)O[C@@H](C)[C@@H]1OC(=O)C(C)C. The molecular formula is C21H28N2O8. The number of rotatable bonds is 5. The molecule has 0 aliphatic carbocycles. The van der Waals surface area contributed by atoms with Gasteiger partial charge >= 0.3 is 17.9 Å². The van der Waals surface area contributed by atoms with Gasteiger partial charge < -0.3 is 24.6 Å². The zero-order valence-electron chi connectivity index (χ0n) is 18.2. The van der Waals surface area contributed by atoms with Crippen molar-refractivity contribution in [2.75, 3.05) is 6.61 Å². The summed E-state index contributed by atoms with van der Waals surface area (Å²) in [6, 6.07) is 0.186. The number of aryl methyl sites for hydroxylation is 1. The number of esters is 3. The van der Waals surface area contributed by atoms with Crippen LogP contribution in [-0.2, 0) is 28.6 Å². The van der Waals surface area contributed by atoms with Gasteiger partial charge in [-0.1, -0.05) is 20.8 Å². The summed E-state index contributed by atoms with van der Waals surface area (Å²) < 4.78 is 16.1. The van der Waals surface area contributed by atoms with Crippen LogP contribution in [-0.4, -0.2) is 58.8 Å². The van der Waals surface area contributed by atoms with E-state index >= 15 is 0 Å². The lowest BCUT2D eigenvalue weighted by molar-refractivity contribution is -0.176. The number of aromatic hydroxyl groups is 1. The van der Waals surface area contributed by atoms with Crippen molar-refractivity contribution in [1.29, 1.82) is 0 Å². The van der Waals surface area contributed by atoms with E-state index in [9.17, 15) is 24.3 Å². The summed E-state index contributed by atoms with van der Waals surface area (Å²) in [4.78, 5) is 53.8. The number of aromatic nitrogens is 1. The molecule has 10 heteroatoms. The van der Waals surface area contributed by atoms with E-state index in [1.54, 1.807) is 27.7 Å². The Morgan fingerprint density at radius 3 is 2.61 bits per heavy atom. The number of hydrogen-bond donors (Lipinski definition) is 2. The third-order valence-electron chi connectivity index (χ3n) is 4.95. The molecule has 1 aliphatic heterocycles. The summed E-state index contributed by atoms with van der Waals surface area (Å²) in [5.41, 5.74) is 0.153. The Bertz CT molecular complexity index is 854. The van der Waals surface area contributed by atoms with E-state index in [1.165, 1.54) is 19.2 Å². The summed E-state index contributed by atoms with van der Waals surface area (Å²) in [6.07, 6.45) is -0.369. The Morgan fingerprint density at radius 1 is 1.32 bits per heavy atom. The predicted octanol–water partition coefficient (Wildman–Crippen LogP) is 1.28. The van der Waals surface area contributed by atoms with Crippen LogP contribution >= 0.6 is 0 Å². The van der Waals surface area contributed by atoms with Crippen molar-refractivity contribution >= 4 is 23.8 Å². The largest absolute Gasteiger partial charge is 0.505 e. The molecule has 1 fully saturated rings. The second-order valence-corrected chi connectivity index (χ2v) is 7.69. The maximum Gasteiger partial charge on any atom is 0.332 e. The number of nitrogens with one attached hydrogen (secondary N) is 1. The molecule has 2 rings (SSSR count). The first-order chi connectivity index (χ1) is 14.6. The van der Waals surface area contributed by atoms with E-state index in [0.717, 1.165) is 0 Å². The molecule has 0 radical (unpaired) electrons. The zero-order chi connectivity index (χ0) is 23.3. The predicted molar refractivity (Wildman–Crippen MR) is 107 cm³/mol. The number of amides is 1. The van der Waals surface area contributed by atoms with Gasteiger partial charge in [0, 0.05) is 6.20 Å². The molecule has 0 spiro atoms. The molecule has 0 bridgehead atoms. The van der Waals surface area contributed by atoms with Gasteiger partial charge in [0.2, 0.25) is 0 Å². The normalized spacial score (nSPS) is 24.3. The van der Waals surface area contributed by atoms with Crippen LogP contribution in [0.15, 0.2) is 12.3 Å². The number of cyclic esters (lactones) is 2. The van der Waals surface area contributed by atoms with E-state index in [4.69, 9.17) is 14.2 Å². The van der Waals surface area contributed by atoms with E-state index in [1.807, 2.05) is 0 Å². The van der Waals surface area contributed by atoms with Crippen molar-refractivity contribution < 1.29 is 38.5 Å². The molecule has 1 aromatic heterocycles. The molecular weight excluding hydrogens is 408 g/mol. The van der Waals surface area contributed by atoms with E-state index in [2.05, 4.69) is 10.3 Å². The number of carbonyl (C=O) groups excluding carboxylic acids is 4. The molecule has 2 heterocycles. The number of carbonyl (C=O) groups is 4. The first kappa shape index (κ1) is 24.1. The highest BCUT2D eigenvalue weighted by Crippen LogP contribution is 2.24. The monoisotopic (exact) mass is 436 g/mol. The average Bonchev–Trinajstić information content (AvgIpc) is 2.74. The Hall–Kier alpha value is -3.17. The summed E-state index contributed by atoms with van der Waals surface area (Å²) in [7, 11) is 0. The van der Waals surface area contributed by atoms with Crippen LogP contribution in [0, 0.1) is 18.8 Å². The zero-order valence-corrected chi connectivity index (χ0v) is 18.2. The fourth-order valence-corrected chi connectivity index (χ4v) is 3.03. The van der Waals surface area contributed by atoms with Crippen molar-refractivity contribution in [3.8, 4) is 5.75 Å². The van der Waals surface area contributed by atoms with Crippen LogP contribution in [0.25, 0.3) is 0 Å². The number of nitrogens with zero attached hydrogens (tertiary/aromatic N) is 1. The van der Waals surface area contributed by atoms with Gasteiger partial charge in [0.1, 0.15) is 18.5 Å². The Morgan fingerprint density at radius 2 is 2.00 bits per heavy atom. The van der Waals surface area contributed by atoms with Gasteiger partial charge in [-0.25, -0.2) is 9.78 Å². The number of ether oxygens (including phenoxy) is 3. The average molecular weight is 436 g/mol. The first-order valence-corrected chi connectivity index (χ1v) is 10.1. The lowest BCUT2D eigenvalue weighted by Gasteiger charge is -2.29. The lowest BCUT2D eigenvalue weighted by Crippen LogP contribution is -2.46. The highest BCUT2D eigenvalue weighted by atomic mass is 16.6. The third-order valence-corrected chi connectivity index (χ3v) is 4.95. The molecule has 10 nitrogen and oxygen atoms in total. The molecule has 1 aromatic rings. The summed E-state index contributed by atoms with van der Waals surface area (Å²) in [5.74, 6) is -4.53. The minimum absolute atomic E-state index is 0.276. The van der Waals surface area contributed by atoms with Crippen molar-refractivity contribution in [3.63, 3.8) is 0 Å². The summed E-state index contributed by atoms with van der Waals surface area (Å²) >= 11 is 0. The molecule has 2 N–H and O–H groups in total. The van der Waals surface area contributed by atoms with Crippen molar-refractivity contribution in [3.05, 3.63) is 23.5 Å². The Labute approximate surface area is 180 Å². The van der Waals surface area contributed by atoms with Gasteiger partial charge in [-0.15, -0.1) is 0 Å². The minimum atomic E-state index is -1.34. The molecule has 170 valence electrons. The van der Waals surface area contributed by atoms with Crippen molar-refractivity contribution in [2.24, 2.45) is 11.8 Å². The van der Waals surface area contributed by atoms with Gasteiger partial charge in [0.25, 0.3) is 5.91 Å². The molecule has 31 heavy (non-hydrogen) atoms. The molecule has 1 aliphatic rings. The molecule has 4 atom stereocenters. The van der Waals surface area contributed by atoms with Gasteiger partial charge in [0.05, 0.1) is 11.8 Å². The van der Waals surface area contributed by atoms with Crippen LogP contribution in [0.2, 0.25) is 0 Å². The topological polar surface area (TPSA) is 141 Å². The standard InChI is InChI=1S/C21H28N2O8/c1-6-13-17(31-19(26)10(2)3)12(5)30-21(28)14(9-29-20(13)27)23-18(25)15-16(24)11(4)7-8-22-15/h7-8,10,12-14,17,24H,6,9H2,1-5H3,(H,23,25)/t12-,13+,14?,17-/m0/s1.